The molecule has 0 spiro atoms. The summed E-state index contributed by atoms with van der Waals surface area (Å²) in [7, 11) is 4.62. The fourth-order valence-corrected chi connectivity index (χ4v) is 2.74. The van der Waals surface area contributed by atoms with Crippen molar-refractivity contribution in [2.24, 2.45) is 0 Å². The van der Waals surface area contributed by atoms with Gasteiger partial charge in [0.15, 0.2) is 11.5 Å². The molecule has 7 heteroatoms. The number of benzene rings is 2. The van der Waals surface area contributed by atoms with Gasteiger partial charge in [0.25, 0.3) is 0 Å². The zero-order valence-electron chi connectivity index (χ0n) is 14.8. The molecule has 1 amide bonds. The van der Waals surface area contributed by atoms with Crippen molar-refractivity contribution < 1.29 is 19.0 Å². The molecule has 2 aromatic rings. The number of methoxy groups -OCH3 is 3. The second-order valence-electron chi connectivity index (χ2n) is 5.35. The summed E-state index contributed by atoms with van der Waals surface area (Å²) in [6.07, 6.45) is 0.697. The average molecular weight is 375 g/mol. The summed E-state index contributed by atoms with van der Waals surface area (Å²) in [6, 6.07) is 10.3. The van der Waals surface area contributed by atoms with Crippen LogP contribution in [-0.4, -0.2) is 27.2 Å². The zero-order valence-corrected chi connectivity index (χ0v) is 15.5. The van der Waals surface area contributed by atoms with Gasteiger partial charge in [-0.15, -0.1) is 0 Å². The largest absolute Gasteiger partial charge is 0.493 e. The van der Waals surface area contributed by atoms with Crippen molar-refractivity contribution in [3.05, 3.63) is 46.5 Å². The number of halogens is 1. The van der Waals surface area contributed by atoms with Gasteiger partial charge in [-0.2, -0.15) is 5.26 Å². The maximum atomic E-state index is 12.2. The van der Waals surface area contributed by atoms with Gasteiger partial charge in [-0.25, -0.2) is 0 Å². The van der Waals surface area contributed by atoms with E-state index in [1.165, 1.54) is 7.11 Å². The summed E-state index contributed by atoms with van der Waals surface area (Å²) in [4.78, 5) is 12.2. The first-order valence-electron chi connectivity index (χ1n) is 7.81. The monoisotopic (exact) mass is 374 g/mol. The molecule has 0 aromatic heterocycles. The topological polar surface area (TPSA) is 80.6 Å². The Morgan fingerprint density at radius 3 is 2.42 bits per heavy atom. The number of aryl methyl sites for hydroxylation is 1. The first kappa shape index (κ1) is 19.4. The van der Waals surface area contributed by atoms with Crippen LogP contribution >= 0.6 is 11.6 Å². The molecule has 0 heterocycles. The molecule has 0 bridgehead atoms. The Kier molecular flexibility index (Phi) is 6.70. The fraction of sp³-hybridized carbons (Fsp3) is 0.263. The van der Waals surface area contributed by atoms with Crippen molar-refractivity contribution in [3.8, 4) is 23.3 Å². The molecule has 1 N–H and O–H groups in total. The minimum absolute atomic E-state index is 0.178. The Balaban J connectivity index is 2.08. The molecule has 0 radical (unpaired) electrons. The van der Waals surface area contributed by atoms with Crippen LogP contribution in [0.25, 0.3) is 0 Å². The van der Waals surface area contributed by atoms with Crippen LogP contribution in [0.15, 0.2) is 30.3 Å². The van der Waals surface area contributed by atoms with Gasteiger partial charge in [-0.3, -0.25) is 4.79 Å². The van der Waals surface area contributed by atoms with E-state index in [9.17, 15) is 4.79 Å². The third-order valence-corrected chi connectivity index (χ3v) is 4.09. The Labute approximate surface area is 157 Å². The maximum Gasteiger partial charge on any atom is 0.224 e. The number of carbonyl (C=O) groups is 1. The number of nitriles is 1. The fourth-order valence-electron chi connectivity index (χ4n) is 2.52. The molecule has 0 saturated heterocycles. The van der Waals surface area contributed by atoms with Crippen LogP contribution in [0.5, 0.6) is 17.2 Å². The number of ether oxygens (including phenoxy) is 3. The van der Waals surface area contributed by atoms with Crippen molar-refractivity contribution >= 4 is 23.2 Å². The van der Waals surface area contributed by atoms with Gasteiger partial charge in [0, 0.05) is 12.1 Å². The third-order valence-electron chi connectivity index (χ3n) is 3.78. The number of nitrogens with zero attached hydrogens (tertiary/aromatic N) is 1. The number of anilines is 1. The lowest BCUT2D eigenvalue weighted by atomic mass is 10.1. The van der Waals surface area contributed by atoms with Crippen molar-refractivity contribution in [1.82, 2.24) is 0 Å². The van der Waals surface area contributed by atoms with Crippen LogP contribution < -0.4 is 19.5 Å². The van der Waals surface area contributed by atoms with E-state index in [1.54, 1.807) is 38.5 Å². The van der Waals surface area contributed by atoms with Crippen molar-refractivity contribution in [1.29, 1.82) is 5.26 Å². The predicted octanol–water partition coefficient (Wildman–Crippen LogP) is 3.81. The van der Waals surface area contributed by atoms with Crippen LogP contribution in [0.4, 0.5) is 5.69 Å². The highest BCUT2D eigenvalue weighted by Gasteiger charge is 2.16. The maximum absolute atomic E-state index is 12.2. The number of rotatable bonds is 7. The van der Waals surface area contributed by atoms with E-state index in [1.807, 2.05) is 12.1 Å². The summed E-state index contributed by atoms with van der Waals surface area (Å²) in [6.45, 7) is 0. The highest BCUT2D eigenvalue weighted by Crippen LogP contribution is 2.40. The smallest absolute Gasteiger partial charge is 0.224 e. The van der Waals surface area contributed by atoms with Crippen molar-refractivity contribution in [2.45, 2.75) is 12.8 Å². The van der Waals surface area contributed by atoms with Crippen molar-refractivity contribution in [2.75, 3.05) is 26.6 Å². The predicted molar refractivity (Wildman–Crippen MR) is 99.2 cm³/mol. The lowest BCUT2D eigenvalue weighted by Gasteiger charge is -2.15. The highest BCUT2D eigenvalue weighted by atomic mass is 35.5. The molecule has 136 valence electrons. The minimum Gasteiger partial charge on any atom is -0.493 e. The molecular weight excluding hydrogens is 356 g/mol. The molecule has 6 nitrogen and oxygen atoms in total. The SMILES string of the molecule is COc1ccc(CCC(=O)Nc2ccc(C#N)c(Cl)c2)c(OC)c1OC. The third kappa shape index (κ3) is 4.38. The quantitative estimate of drug-likeness (QED) is 0.797. The number of nitrogens with one attached hydrogen (secondary N) is 1. The summed E-state index contributed by atoms with van der Waals surface area (Å²) in [5.74, 6) is 1.42. The molecule has 26 heavy (non-hydrogen) atoms. The lowest BCUT2D eigenvalue weighted by Crippen LogP contribution is -2.12. The molecule has 0 unspecified atom stereocenters. The van der Waals surface area contributed by atoms with E-state index in [0.717, 1.165) is 5.56 Å². The van der Waals surface area contributed by atoms with E-state index in [2.05, 4.69) is 5.32 Å². The molecule has 0 fully saturated rings. The molecule has 2 aromatic carbocycles. The Morgan fingerprint density at radius 1 is 1.12 bits per heavy atom. The highest BCUT2D eigenvalue weighted by molar-refractivity contribution is 6.32. The zero-order chi connectivity index (χ0) is 19.1. The molecule has 2 rings (SSSR count). The molecule has 0 aliphatic carbocycles. The second-order valence-corrected chi connectivity index (χ2v) is 5.76. The van der Waals surface area contributed by atoms with E-state index in [0.29, 0.717) is 39.9 Å². The number of amides is 1. The summed E-state index contributed by atoms with van der Waals surface area (Å²) in [5.41, 5.74) is 1.73. The molecule has 0 saturated carbocycles. The standard InChI is InChI=1S/C19H19ClN2O4/c1-24-16-8-5-12(18(25-2)19(16)26-3)6-9-17(23)22-14-7-4-13(11-21)15(20)10-14/h4-5,7-8,10H,6,9H2,1-3H3,(H,22,23). The summed E-state index contributed by atoms with van der Waals surface area (Å²) >= 11 is 5.97. The van der Waals surface area contributed by atoms with Gasteiger partial charge in [-0.1, -0.05) is 17.7 Å². The van der Waals surface area contributed by atoms with Crippen LogP contribution in [-0.2, 0) is 11.2 Å². The minimum atomic E-state index is -0.178. The van der Waals surface area contributed by atoms with Gasteiger partial charge >= 0.3 is 0 Å². The summed E-state index contributed by atoms with van der Waals surface area (Å²) in [5, 5.41) is 11.9. The van der Waals surface area contributed by atoms with Crippen LogP contribution in [0.2, 0.25) is 5.02 Å². The van der Waals surface area contributed by atoms with E-state index in [-0.39, 0.29) is 12.3 Å². The van der Waals surface area contributed by atoms with E-state index < -0.39 is 0 Å². The van der Waals surface area contributed by atoms with Gasteiger partial charge in [0.05, 0.1) is 31.9 Å². The normalized spacial score (nSPS) is 9.96. The van der Waals surface area contributed by atoms with Crippen LogP contribution in [0, 0.1) is 11.3 Å². The van der Waals surface area contributed by atoms with Gasteiger partial charge in [0.1, 0.15) is 6.07 Å². The van der Waals surface area contributed by atoms with Crippen LogP contribution in [0.3, 0.4) is 0 Å². The Hall–Kier alpha value is -2.91. The summed E-state index contributed by atoms with van der Waals surface area (Å²) < 4.78 is 16.0. The number of hydrogen-bond acceptors (Lipinski definition) is 5. The van der Waals surface area contributed by atoms with Crippen molar-refractivity contribution in [3.63, 3.8) is 0 Å². The molecule has 0 atom stereocenters. The van der Waals surface area contributed by atoms with Gasteiger partial charge in [-0.05, 0) is 36.2 Å². The second kappa shape index (κ2) is 8.97. The van der Waals surface area contributed by atoms with E-state index >= 15 is 0 Å². The van der Waals surface area contributed by atoms with Crippen LogP contribution in [0.1, 0.15) is 17.5 Å². The van der Waals surface area contributed by atoms with Gasteiger partial charge < -0.3 is 19.5 Å². The molecule has 0 aliphatic rings. The Morgan fingerprint density at radius 2 is 1.85 bits per heavy atom. The molecular formula is C19H19ClN2O4. The Bertz CT molecular complexity index is 846. The van der Waals surface area contributed by atoms with E-state index in [4.69, 9.17) is 31.1 Å². The lowest BCUT2D eigenvalue weighted by molar-refractivity contribution is -0.116. The number of carbonyl (C=O) groups excluding carboxylic acids is 1. The molecule has 0 aliphatic heterocycles. The van der Waals surface area contributed by atoms with Gasteiger partial charge in [0.2, 0.25) is 11.7 Å². The average Bonchev–Trinajstić information content (AvgIpc) is 2.65. The first-order valence-corrected chi connectivity index (χ1v) is 8.19. The first-order chi connectivity index (χ1) is 12.5. The number of hydrogen-bond donors (Lipinski definition) is 1.